The molecular weight excluding hydrogens is 212 g/mol. The van der Waals surface area contributed by atoms with Gasteiger partial charge in [0.15, 0.2) is 11.5 Å². The molecule has 0 aliphatic heterocycles. The van der Waals surface area contributed by atoms with Crippen LogP contribution in [-0.4, -0.2) is 10.9 Å². The number of unbranched alkanes of at least 4 members (excludes halogenated alkanes) is 4. The predicted molar refractivity (Wildman–Crippen MR) is 70.2 cm³/mol. The Morgan fingerprint density at radius 1 is 1.29 bits per heavy atom. The SMILES string of the molecule is C=CCCCCCC#CC#CC(O)=CC(C)=O. The van der Waals surface area contributed by atoms with Gasteiger partial charge in [0.1, 0.15) is 0 Å². The van der Waals surface area contributed by atoms with E-state index in [2.05, 4.69) is 30.3 Å². The van der Waals surface area contributed by atoms with E-state index in [0.717, 1.165) is 38.2 Å². The second kappa shape index (κ2) is 10.6. The summed E-state index contributed by atoms with van der Waals surface area (Å²) < 4.78 is 0. The van der Waals surface area contributed by atoms with Crippen LogP contribution in [0.1, 0.15) is 39.0 Å². The summed E-state index contributed by atoms with van der Waals surface area (Å²) in [6.07, 6.45) is 8.20. The molecule has 0 aromatic carbocycles. The zero-order chi connectivity index (χ0) is 12.9. The van der Waals surface area contributed by atoms with Gasteiger partial charge in [0.25, 0.3) is 0 Å². The van der Waals surface area contributed by atoms with E-state index in [-0.39, 0.29) is 11.5 Å². The summed E-state index contributed by atoms with van der Waals surface area (Å²) in [7, 11) is 0. The number of allylic oxidation sites excluding steroid dienone is 3. The summed E-state index contributed by atoms with van der Waals surface area (Å²) in [6, 6.07) is 0. The number of carbonyl (C=O) groups is 1. The van der Waals surface area contributed by atoms with Crippen molar-refractivity contribution < 1.29 is 9.90 Å². The second-order valence-corrected chi connectivity index (χ2v) is 3.58. The van der Waals surface area contributed by atoms with E-state index in [1.54, 1.807) is 0 Å². The maximum Gasteiger partial charge on any atom is 0.171 e. The molecule has 0 spiro atoms. The van der Waals surface area contributed by atoms with E-state index in [1.807, 2.05) is 6.08 Å². The van der Waals surface area contributed by atoms with Crippen LogP contribution in [0, 0.1) is 23.7 Å². The van der Waals surface area contributed by atoms with Gasteiger partial charge in [-0.3, -0.25) is 4.79 Å². The Morgan fingerprint density at radius 2 is 2.06 bits per heavy atom. The molecule has 0 atom stereocenters. The van der Waals surface area contributed by atoms with Crippen molar-refractivity contribution in [1.82, 2.24) is 0 Å². The number of aliphatic hydroxyl groups excluding tert-OH is 1. The number of hydrogen-bond donors (Lipinski definition) is 1. The van der Waals surface area contributed by atoms with Gasteiger partial charge in [-0.25, -0.2) is 0 Å². The normalized spacial score (nSPS) is 9.59. The summed E-state index contributed by atoms with van der Waals surface area (Å²) in [5.74, 6) is 9.95. The molecule has 0 heterocycles. The molecule has 1 N–H and O–H groups in total. The van der Waals surface area contributed by atoms with Crippen LogP contribution in [0.5, 0.6) is 0 Å². The third-order valence-electron chi connectivity index (χ3n) is 1.89. The lowest BCUT2D eigenvalue weighted by atomic mass is 10.1. The van der Waals surface area contributed by atoms with Crippen molar-refractivity contribution in [1.29, 1.82) is 0 Å². The zero-order valence-corrected chi connectivity index (χ0v) is 10.3. The lowest BCUT2D eigenvalue weighted by Crippen LogP contribution is -1.84. The standard InChI is InChI=1S/C15H18O2/c1-3-4-5-6-7-8-9-10-11-12-15(17)13-14(2)16/h3,13,17H,1,4-8H2,2H3. The zero-order valence-electron chi connectivity index (χ0n) is 10.3. The van der Waals surface area contributed by atoms with Crippen LogP contribution in [0.3, 0.4) is 0 Å². The molecule has 0 saturated heterocycles. The fourth-order valence-corrected chi connectivity index (χ4v) is 1.11. The lowest BCUT2D eigenvalue weighted by Gasteiger charge is -1.91. The largest absolute Gasteiger partial charge is 0.501 e. The quantitative estimate of drug-likeness (QED) is 0.250. The van der Waals surface area contributed by atoms with E-state index in [4.69, 9.17) is 5.11 Å². The Hall–Kier alpha value is -1.93. The molecule has 90 valence electrons. The minimum Gasteiger partial charge on any atom is -0.501 e. The smallest absolute Gasteiger partial charge is 0.171 e. The van der Waals surface area contributed by atoms with E-state index >= 15 is 0 Å². The predicted octanol–water partition coefficient (Wildman–Crippen LogP) is 3.16. The van der Waals surface area contributed by atoms with Crippen LogP contribution in [0.2, 0.25) is 0 Å². The van der Waals surface area contributed by atoms with Crippen LogP contribution in [-0.2, 0) is 4.79 Å². The van der Waals surface area contributed by atoms with Crippen molar-refractivity contribution in [3.05, 3.63) is 24.5 Å². The summed E-state index contributed by atoms with van der Waals surface area (Å²) in [6.45, 7) is 5.01. The summed E-state index contributed by atoms with van der Waals surface area (Å²) in [5.41, 5.74) is 0. The highest BCUT2D eigenvalue weighted by Crippen LogP contribution is 2.01. The molecule has 0 aromatic rings. The van der Waals surface area contributed by atoms with Crippen LogP contribution in [0.15, 0.2) is 24.5 Å². The Balaban J connectivity index is 3.78. The van der Waals surface area contributed by atoms with Crippen molar-refractivity contribution in [3.63, 3.8) is 0 Å². The molecule has 0 aromatic heterocycles. The first-order chi connectivity index (χ1) is 8.16. The number of carbonyl (C=O) groups excluding carboxylic acids is 1. The van der Waals surface area contributed by atoms with Crippen molar-refractivity contribution in [2.24, 2.45) is 0 Å². The first-order valence-corrected chi connectivity index (χ1v) is 5.68. The highest BCUT2D eigenvalue weighted by molar-refractivity contribution is 5.88. The fraction of sp³-hybridized carbons (Fsp3) is 0.400. The van der Waals surface area contributed by atoms with E-state index < -0.39 is 0 Å². The number of ketones is 1. The maximum absolute atomic E-state index is 10.6. The first kappa shape index (κ1) is 15.1. The third kappa shape index (κ3) is 12.0. The lowest BCUT2D eigenvalue weighted by molar-refractivity contribution is -0.112. The van der Waals surface area contributed by atoms with Crippen molar-refractivity contribution in [2.45, 2.75) is 39.0 Å². The average molecular weight is 230 g/mol. The molecular formula is C15H18O2. The number of aliphatic hydroxyl groups is 1. The van der Waals surface area contributed by atoms with Gasteiger partial charge >= 0.3 is 0 Å². The van der Waals surface area contributed by atoms with Crippen molar-refractivity contribution in [2.75, 3.05) is 0 Å². The van der Waals surface area contributed by atoms with Gasteiger partial charge < -0.3 is 5.11 Å². The van der Waals surface area contributed by atoms with Gasteiger partial charge in [0, 0.05) is 12.5 Å². The van der Waals surface area contributed by atoms with Crippen molar-refractivity contribution in [3.8, 4) is 23.7 Å². The fourth-order valence-electron chi connectivity index (χ4n) is 1.11. The van der Waals surface area contributed by atoms with Crippen LogP contribution in [0.25, 0.3) is 0 Å². The topological polar surface area (TPSA) is 37.3 Å². The molecule has 17 heavy (non-hydrogen) atoms. The summed E-state index contributed by atoms with van der Waals surface area (Å²) >= 11 is 0. The average Bonchev–Trinajstić information content (AvgIpc) is 2.26. The molecule has 0 bridgehead atoms. The molecule has 0 aliphatic carbocycles. The molecule has 0 amide bonds. The molecule has 0 aliphatic rings. The van der Waals surface area contributed by atoms with Crippen molar-refractivity contribution >= 4 is 5.78 Å². The molecule has 2 heteroatoms. The van der Waals surface area contributed by atoms with Gasteiger partial charge in [0.2, 0.25) is 0 Å². The van der Waals surface area contributed by atoms with E-state index in [1.165, 1.54) is 6.92 Å². The Labute approximate surface area is 103 Å². The van der Waals surface area contributed by atoms with Gasteiger partial charge in [-0.1, -0.05) is 18.4 Å². The molecule has 0 rings (SSSR count). The Morgan fingerprint density at radius 3 is 2.71 bits per heavy atom. The van der Waals surface area contributed by atoms with Crippen LogP contribution < -0.4 is 0 Å². The van der Waals surface area contributed by atoms with Gasteiger partial charge in [0.05, 0.1) is 0 Å². The van der Waals surface area contributed by atoms with E-state index in [9.17, 15) is 4.79 Å². The van der Waals surface area contributed by atoms with Gasteiger partial charge in [-0.2, -0.15) is 0 Å². The molecule has 2 nitrogen and oxygen atoms in total. The van der Waals surface area contributed by atoms with Gasteiger partial charge in [-0.05, 0) is 43.9 Å². The second-order valence-electron chi connectivity index (χ2n) is 3.58. The van der Waals surface area contributed by atoms with Gasteiger partial charge in [-0.15, -0.1) is 6.58 Å². The van der Waals surface area contributed by atoms with Crippen LogP contribution in [0.4, 0.5) is 0 Å². The minimum atomic E-state index is -0.238. The first-order valence-electron chi connectivity index (χ1n) is 5.68. The number of rotatable bonds is 6. The summed E-state index contributed by atoms with van der Waals surface area (Å²) in [4.78, 5) is 10.6. The third-order valence-corrected chi connectivity index (χ3v) is 1.89. The molecule has 0 fully saturated rings. The highest BCUT2D eigenvalue weighted by atomic mass is 16.3. The highest BCUT2D eigenvalue weighted by Gasteiger charge is 1.87. The molecule has 0 saturated carbocycles. The van der Waals surface area contributed by atoms with E-state index in [0.29, 0.717) is 0 Å². The number of hydrogen-bond acceptors (Lipinski definition) is 2. The Kier molecular flexibility index (Phi) is 9.38. The summed E-state index contributed by atoms with van der Waals surface area (Å²) in [5, 5.41) is 9.11. The maximum atomic E-state index is 10.6. The monoisotopic (exact) mass is 230 g/mol. The molecule has 0 radical (unpaired) electrons. The Bertz CT molecular complexity index is 394. The molecule has 0 unspecified atom stereocenters. The van der Waals surface area contributed by atoms with Crippen LogP contribution >= 0.6 is 0 Å². The minimum absolute atomic E-state index is 0.230.